The summed E-state index contributed by atoms with van der Waals surface area (Å²) in [6.45, 7) is 33.5. The molecule has 8 atom stereocenters. The molecule has 12 rings (SSSR count). The lowest BCUT2D eigenvalue weighted by atomic mass is 10.1. The van der Waals surface area contributed by atoms with Crippen LogP contribution in [0, 0.1) is 0 Å². The van der Waals surface area contributed by atoms with E-state index in [2.05, 4.69) is 0 Å². The number of benzene rings is 4. The van der Waals surface area contributed by atoms with Crippen molar-refractivity contribution in [1.82, 2.24) is 18.3 Å². The average Bonchev–Trinajstić information content (AvgIpc) is 1.55. The number of ether oxygens (including phenoxy) is 5. The van der Waals surface area contributed by atoms with E-state index in [1.165, 1.54) is 42.9 Å². The molecule has 0 saturated carbocycles. The second-order valence-electron chi connectivity index (χ2n) is 21.3. The monoisotopic (exact) mass is 1290 g/mol. The van der Waals surface area contributed by atoms with Crippen molar-refractivity contribution in [3.8, 4) is 68.0 Å². The minimum absolute atomic E-state index is 0.0359. The molecular weight excluding hydrogens is 1200 g/mol. The minimum atomic E-state index is -1.21. The summed E-state index contributed by atoms with van der Waals surface area (Å²) < 4.78 is 36.1. The summed E-state index contributed by atoms with van der Waals surface area (Å²) in [5.74, 6) is -1.40. The Labute approximate surface area is 548 Å². The first-order valence-corrected chi connectivity index (χ1v) is 31.9. The molecule has 8 heterocycles. The van der Waals surface area contributed by atoms with E-state index in [1.807, 2.05) is 212 Å². The third-order valence-electron chi connectivity index (χ3n) is 15.9. The number of pyridine rings is 4. The minimum Gasteiger partial charge on any atom is -0.488 e. The second-order valence-corrected chi connectivity index (χ2v) is 21.3. The predicted molar refractivity (Wildman–Crippen MR) is 366 cm³/mol. The molecule has 4 aliphatic heterocycles. The highest BCUT2D eigenvalue weighted by molar-refractivity contribution is 5.90. The Kier molecular flexibility index (Phi) is 26.9. The number of carbonyl (C=O) groups excluding carboxylic acids is 1. The molecule has 0 fully saturated rings. The summed E-state index contributed by atoms with van der Waals surface area (Å²) in [5, 5.41) is 27.4. The normalized spacial score (nSPS) is 18.3. The topological polar surface area (TPSA) is 263 Å². The lowest BCUT2D eigenvalue weighted by Crippen LogP contribution is -2.26. The first-order valence-electron chi connectivity index (χ1n) is 31.9. The number of para-hydroxylation sites is 4. The molecule has 0 aliphatic carbocycles. The Bertz CT molecular complexity index is 3900. The van der Waals surface area contributed by atoms with Gasteiger partial charge in [-0.05, 0) is 111 Å². The number of hydrogen-bond acceptors (Lipinski definition) is 13. The zero-order valence-electron chi connectivity index (χ0n) is 56.6. The van der Waals surface area contributed by atoms with E-state index in [-0.39, 0.29) is 82.9 Å². The smallest absolute Gasteiger partial charge is 0.343 e. The third kappa shape index (κ3) is 16.3. The molecule has 6 unspecified atom stereocenters. The van der Waals surface area contributed by atoms with E-state index >= 15 is 0 Å². The van der Waals surface area contributed by atoms with Gasteiger partial charge in [0.05, 0.1) is 53.5 Å². The molecule has 20 nitrogen and oxygen atoms in total. The summed E-state index contributed by atoms with van der Waals surface area (Å²) in [4.78, 5) is 93.9. The van der Waals surface area contributed by atoms with Crippen molar-refractivity contribution in [2.45, 2.75) is 166 Å². The Morgan fingerprint density at radius 3 is 0.777 bits per heavy atom. The first kappa shape index (κ1) is 74.5. The SMILES string of the molecule is CC.CC.CC.CC.CC1Oc2ccccc2-c2cc(=O)c(C(=O)O)cn2C1C.CC1Oc2ccccc2-c2cc(=O)c(C(=O)O)cn2[C@@H]1C.CC1Oc2ccccc2-c2cc(=O)c(C(=O)O)cn2[C@H]1C.CCOC(=O)c1cn2c(cc1=O)-c1ccccc1OC(C)C2C. The van der Waals surface area contributed by atoms with Crippen molar-refractivity contribution in [2.75, 3.05) is 6.61 Å². The first-order chi connectivity index (χ1) is 45.0. The van der Waals surface area contributed by atoms with Gasteiger partial charge >= 0.3 is 23.9 Å². The Hall–Kier alpha value is -10.2. The highest BCUT2D eigenvalue weighted by Gasteiger charge is 2.31. The van der Waals surface area contributed by atoms with Crippen LogP contribution in [-0.4, -0.2) is 88.5 Å². The Morgan fingerprint density at radius 2 is 0.564 bits per heavy atom. The molecule has 4 aliphatic rings. The van der Waals surface area contributed by atoms with Crippen LogP contribution in [0.15, 0.2) is 165 Å². The number of rotatable bonds is 5. The summed E-state index contributed by atoms with van der Waals surface area (Å²) >= 11 is 0. The van der Waals surface area contributed by atoms with Crippen molar-refractivity contribution in [2.24, 2.45) is 0 Å². The van der Waals surface area contributed by atoms with E-state index in [9.17, 15) is 38.4 Å². The van der Waals surface area contributed by atoms with Gasteiger partial charge in [-0.25, -0.2) is 19.2 Å². The van der Waals surface area contributed by atoms with Crippen LogP contribution in [0.25, 0.3) is 45.0 Å². The lowest BCUT2D eigenvalue weighted by molar-refractivity contribution is 0.0521. The molecule has 0 spiro atoms. The molecule has 0 saturated heterocycles. The van der Waals surface area contributed by atoms with E-state index in [4.69, 9.17) is 39.0 Å². The zero-order valence-corrected chi connectivity index (χ0v) is 56.6. The van der Waals surface area contributed by atoms with Crippen molar-refractivity contribution < 1.29 is 58.2 Å². The molecule has 94 heavy (non-hydrogen) atoms. The van der Waals surface area contributed by atoms with Crippen LogP contribution in [0.4, 0.5) is 0 Å². The van der Waals surface area contributed by atoms with Gasteiger partial charge in [0.25, 0.3) is 0 Å². The van der Waals surface area contributed by atoms with Gasteiger partial charge in [-0.15, -0.1) is 0 Å². The number of nitrogens with zero attached hydrogens (tertiary/aromatic N) is 4. The molecule has 0 amide bonds. The summed E-state index contributed by atoms with van der Waals surface area (Å²) in [6, 6.07) is 35.3. The van der Waals surface area contributed by atoms with E-state index in [1.54, 1.807) is 26.8 Å². The maximum atomic E-state index is 12.4. The zero-order chi connectivity index (χ0) is 70.0. The van der Waals surface area contributed by atoms with E-state index < -0.39 is 40.2 Å². The van der Waals surface area contributed by atoms with Crippen molar-refractivity contribution in [3.05, 3.63) is 209 Å². The van der Waals surface area contributed by atoms with Crippen LogP contribution in [0.5, 0.6) is 23.0 Å². The van der Waals surface area contributed by atoms with E-state index in [0.29, 0.717) is 34.3 Å². The van der Waals surface area contributed by atoms with Crippen molar-refractivity contribution >= 4 is 23.9 Å². The number of fused-ring (bicyclic) bond motifs is 12. The fraction of sp³-hybridized carbons (Fsp3) is 0.351. The van der Waals surface area contributed by atoms with Crippen LogP contribution in [0.3, 0.4) is 0 Å². The molecule has 0 bridgehead atoms. The third-order valence-corrected chi connectivity index (χ3v) is 15.9. The number of carbonyl (C=O) groups is 4. The molecular formula is C74H88N4O16. The average molecular weight is 1290 g/mol. The van der Waals surface area contributed by atoms with Gasteiger partial charge in [0.15, 0.2) is 21.7 Å². The van der Waals surface area contributed by atoms with Gasteiger partial charge in [0.1, 0.15) is 69.7 Å². The van der Waals surface area contributed by atoms with Crippen LogP contribution >= 0.6 is 0 Å². The highest BCUT2D eigenvalue weighted by atomic mass is 16.5. The number of aromatic carboxylic acids is 3. The molecule has 4 aromatic heterocycles. The lowest BCUT2D eigenvalue weighted by Gasteiger charge is -2.22. The summed E-state index contributed by atoms with van der Waals surface area (Å²) in [7, 11) is 0. The van der Waals surface area contributed by atoms with Crippen LogP contribution in [0.1, 0.15) is 183 Å². The predicted octanol–water partition coefficient (Wildman–Crippen LogP) is 14.8. The van der Waals surface area contributed by atoms with Gasteiger partial charge in [0, 0.05) is 71.3 Å². The number of aromatic nitrogens is 4. The second kappa shape index (κ2) is 33.9. The van der Waals surface area contributed by atoms with Gasteiger partial charge < -0.3 is 57.3 Å². The van der Waals surface area contributed by atoms with Gasteiger partial charge in [-0.2, -0.15) is 0 Å². The molecule has 20 heteroatoms. The van der Waals surface area contributed by atoms with Gasteiger partial charge in [-0.1, -0.05) is 104 Å². The van der Waals surface area contributed by atoms with Crippen LogP contribution in [0.2, 0.25) is 0 Å². The molecule has 8 aromatic rings. The molecule has 0 radical (unpaired) electrons. The Morgan fingerprint density at radius 1 is 0.362 bits per heavy atom. The maximum absolute atomic E-state index is 12.4. The largest absolute Gasteiger partial charge is 0.488 e. The fourth-order valence-corrected chi connectivity index (χ4v) is 10.5. The standard InChI is InChI=1S/C18H19NO4.3C16H15NO4.4C2H6/c1-4-22-18(21)14-10-19-11(2)12(3)23-17-8-6-5-7-13(17)15(19)9-16(14)20;3*1-9-10(2)21-15-6-4-3-5-11(15)13-7-14(18)12(16(19)20)8-17(9)13;4*1-2/h5-12H,4H2,1-3H3;3*3-10H,1-2H3,(H,19,20);4*1-2H3/t;2*9-,10?;;;;;/m.10...../s1. The van der Waals surface area contributed by atoms with Crippen molar-refractivity contribution in [1.29, 1.82) is 0 Å². The number of hydrogen-bond donors (Lipinski definition) is 3. The highest BCUT2D eigenvalue weighted by Crippen LogP contribution is 2.40. The molecule has 500 valence electrons. The molecule has 4 aromatic carbocycles. The number of carboxylic acids is 3. The van der Waals surface area contributed by atoms with Gasteiger partial charge in [0.2, 0.25) is 0 Å². The summed E-state index contributed by atoms with van der Waals surface area (Å²) in [5.41, 5.74) is 3.56. The quantitative estimate of drug-likeness (QED) is 0.135. The number of carboxylic acid groups (broad SMARTS) is 3. The van der Waals surface area contributed by atoms with Gasteiger partial charge in [-0.3, -0.25) is 19.2 Å². The van der Waals surface area contributed by atoms with Crippen LogP contribution in [-0.2, 0) is 4.74 Å². The fourth-order valence-electron chi connectivity index (χ4n) is 10.5. The molecule has 3 N–H and O–H groups in total. The van der Waals surface area contributed by atoms with Crippen LogP contribution < -0.4 is 40.7 Å². The Balaban J connectivity index is 0.000000219. The van der Waals surface area contributed by atoms with Crippen molar-refractivity contribution in [3.63, 3.8) is 0 Å². The number of esters is 1. The maximum Gasteiger partial charge on any atom is 0.343 e. The summed E-state index contributed by atoms with van der Waals surface area (Å²) in [6.07, 6.45) is 5.29. The van der Waals surface area contributed by atoms with E-state index in [0.717, 1.165) is 33.7 Å².